The minimum Gasteiger partial charge on any atom is -0.501 e. The summed E-state index contributed by atoms with van der Waals surface area (Å²) < 4.78 is 37.1. The second-order valence-electron chi connectivity index (χ2n) is 5.04. The summed E-state index contributed by atoms with van der Waals surface area (Å²) in [6.07, 6.45) is 1.35. The average molecular weight is 335 g/mol. The van der Waals surface area contributed by atoms with Crippen LogP contribution in [-0.4, -0.2) is 19.3 Å². The van der Waals surface area contributed by atoms with E-state index in [4.69, 9.17) is 9.15 Å². The van der Waals surface area contributed by atoms with E-state index >= 15 is 0 Å². The molecule has 0 bridgehead atoms. The lowest BCUT2D eigenvalue weighted by atomic mass is 9.98. The molecule has 0 fully saturated rings. The van der Waals surface area contributed by atoms with Gasteiger partial charge in [0.1, 0.15) is 0 Å². The van der Waals surface area contributed by atoms with Gasteiger partial charge in [-0.3, -0.25) is 4.79 Å². The molecule has 7 nitrogen and oxygen atoms in total. The van der Waals surface area contributed by atoms with Crippen molar-refractivity contribution in [2.75, 3.05) is 0 Å². The fourth-order valence-electron chi connectivity index (χ4n) is 2.19. The van der Waals surface area contributed by atoms with Gasteiger partial charge in [0.05, 0.1) is 11.2 Å². The first-order chi connectivity index (χ1) is 10.8. The first kappa shape index (κ1) is 15.2. The number of hydrogen-bond donors (Lipinski definition) is 2. The molecule has 0 radical (unpaired) electrons. The number of rotatable bonds is 4. The van der Waals surface area contributed by atoms with Gasteiger partial charge >= 0.3 is 0 Å². The van der Waals surface area contributed by atoms with Crippen LogP contribution in [0.3, 0.4) is 0 Å². The lowest BCUT2D eigenvalue weighted by molar-refractivity contribution is -0.133. The number of ether oxygens (including phenoxy) is 1. The van der Waals surface area contributed by atoms with Crippen LogP contribution < -0.4 is 4.72 Å². The number of nitrogens with one attached hydrogen (secondary N) is 1. The highest BCUT2D eigenvalue weighted by molar-refractivity contribution is 7.89. The summed E-state index contributed by atoms with van der Waals surface area (Å²) in [4.78, 5) is 12.2. The van der Waals surface area contributed by atoms with E-state index in [-0.39, 0.29) is 10.7 Å². The maximum atomic E-state index is 12.3. The van der Waals surface area contributed by atoms with Crippen molar-refractivity contribution in [1.82, 2.24) is 4.72 Å². The lowest BCUT2D eigenvalue weighted by Gasteiger charge is -2.20. The molecule has 0 aliphatic carbocycles. The van der Waals surface area contributed by atoms with Crippen LogP contribution in [0.1, 0.15) is 12.7 Å². The van der Waals surface area contributed by atoms with Crippen molar-refractivity contribution >= 4 is 15.8 Å². The van der Waals surface area contributed by atoms with Crippen LogP contribution in [0, 0.1) is 0 Å². The fraction of sp³-hybridized carbons (Fsp3) is 0.133. The highest BCUT2D eigenvalue weighted by atomic mass is 32.2. The van der Waals surface area contributed by atoms with Gasteiger partial charge in [0.15, 0.2) is 5.76 Å². The molecular formula is C15H13NO6S. The van der Waals surface area contributed by atoms with Crippen molar-refractivity contribution in [3.63, 3.8) is 0 Å². The predicted molar refractivity (Wildman–Crippen MR) is 78.6 cm³/mol. The van der Waals surface area contributed by atoms with Gasteiger partial charge in [-0.2, -0.15) is 0 Å². The minimum atomic E-state index is -3.99. The van der Waals surface area contributed by atoms with E-state index in [0.29, 0.717) is 0 Å². The van der Waals surface area contributed by atoms with Crippen LogP contribution in [0.5, 0.6) is 0 Å². The number of furan rings is 1. The molecule has 0 spiro atoms. The van der Waals surface area contributed by atoms with Crippen LogP contribution >= 0.6 is 0 Å². The van der Waals surface area contributed by atoms with Crippen LogP contribution in [0.2, 0.25) is 0 Å². The summed E-state index contributed by atoms with van der Waals surface area (Å²) in [5.74, 6) is -1.97. The monoisotopic (exact) mass is 335 g/mol. The Labute approximate surface area is 132 Å². The van der Waals surface area contributed by atoms with E-state index in [1.807, 2.05) is 0 Å². The zero-order chi connectivity index (χ0) is 16.7. The topological polar surface area (TPSA) is 106 Å². The summed E-state index contributed by atoms with van der Waals surface area (Å²) in [5.41, 5.74) is -1.62. The van der Waals surface area contributed by atoms with Crippen molar-refractivity contribution < 1.29 is 27.5 Å². The van der Waals surface area contributed by atoms with Gasteiger partial charge in [-0.05, 0) is 31.2 Å². The second-order valence-corrected chi connectivity index (χ2v) is 6.72. The van der Waals surface area contributed by atoms with E-state index in [2.05, 4.69) is 4.72 Å². The molecule has 2 heterocycles. The van der Waals surface area contributed by atoms with E-state index in [0.717, 1.165) is 0 Å². The van der Waals surface area contributed by atoms with Gasteiger partial charge in [0.2, 0.25) is 17.2 Å². The first-order valence-electron chi connectivity index (χ1n) is 6.63. The molecule has 1 aromatic heterocycles. The molecule has 2 N–H and O–H groups in total. The normalized spacial score (nSPS) is 21.3. The van der Waals surface area contributed by atoms with Gasteiger partial charge < -0.3 is 14.3 Å². The molecule has 120 valence electrons. The Balaban J connectivity index is 1.92. The number of aliphatic hydroxyl groups is 1. The maximum absolute atomic E-state index is 12.3. The van der Waals surface area contributed by atoms with E-state index in [1.165, 1.54) is 31.4 Å². The van der Waals surface area contributed by atoms with Gasteiger partial charge in [-0.15, -0.1) is 0 Å². The van der Waals surface area contributed by atoms with Gasteiger partial charge in [0.25, 0.3) is 15.8 Å². The highest BCUT2D eigenvalue weighted by Gasteiger charge is 2.50. The Hall–Kier alpha value is -2.74. The third-order valence-corrected chi connectivity index (χ3v) is 4.79. The number of sulfonamides is 1. The quantitative estimate of drug-likeness (QED) is 0.882. The number of ketones is 1. The van der Waals surface area contributed by atoms with Crippen LogP contribution in [0.25, 0.3) is 0 Å². The van der Waals surface area contributed by atoms with Crippen molar-refractivity contribution in [3.8, 4) is 0 Å². The molecule has 1 aromatic carbocycles. The third-order valence-electron chi connectivity index (χ3n) is 3.44. The van der Waals surface area contributed by atoms with E-state index in [9.17, 15) is 18.3 Å². The average Bonchev–Trinajstić information content (AvgIpc) is 3.14. The first-order valence-corrected chi connectivity index (χ1v) is 8.12. The molecule has 1 atom stereocenters. The summed E-state index contributed by atoms with van der Waals surface area (Å²) >= 11 is 0. The van der Waals surface area contributed by atoms with Gasteiger partial charge in [0, 0.05) is 0 Å². The van der Waals surface area contributed by atoms with Crippen molar-refractivity contribution in [2.45, 2.75) is 17.4 Å². The molecular weight excluding hydrogens is 322 g/mol. The van der Waals surface area contributed by atoms with Crippen LogP contribution in [0.4, 0.5) is 0 Å². The molecule has 0 amide bonds. The number of aliphatic hydroxyl groups excluding tert-OH is 1. The number of hydrogen-bond acceptors (Lipinski definition) is 6. The minimum absolute atomic E-state index is 0.0250. The Morgan fingerprint density at radius 2 is 1.83 bits per heavy atom. The molecule has 0 saturated carbocycles. The fourth-order valence-corrected chi connectivity index (χ4v) is 3.21. The Morgan fingerprint density at radius 1 is 1.13 bits per heavy atom. The van der Waals surface area contributed by atoms with Crippen LogP contribution in [-0.2, 0) is 25.2 Å². The number of Topliss-reactive ketones (excluding diaryl/α,β-unsaturated/α-hetero) is 1. The number of carbonyl (C=O) groups is 1. The largest absolute Gasteiger partial charge is 0.501 e. The van der Waals surface area contributed by atoms with E-state index in [1.54, 1.807) is 24.3 Å². The van der Waals surface area contributed by atoms with E-state index < -0.39 is 33.0 Å². The van der Waals surface area contributed by atoms with Crippen molar-refractivity contribution in [3.05, 3.63) is 66.1 Å². The summed E-state index contributed by atoms with van der Waals surface area (Å²) in [7, 11) is -3.99. The number of benzene rings is 1. The highest BCUT2D eigenvalue weighted by Crippen LogP contribution is 2.37. The molecule has 0 saturated heterocycles. The molecule has 1 aliphatic heterocycles. The van der Waals surface area contributed by atoms with Gasteiger partial charge in [-0.25, -0.2) is 13.1 Å². The lowest BCUT2D eigenvalue weighted by Crippen LogP contribution is -2.31. The maximum Gasteiger partial charge on any atom is 0.264 e. The summed E-state index contributed by atoms with van der Waals surface area (Å²) in [6.45, 7) is 1.38. The zero-order valence-electron chi connectivity index (χ0n) is 12.0. The smallest absolute Gasteiger partial charge is 0.264 e. The Kier molecular flexibility index (Phi) is 3.41. The Bertz CT molecular complexity index is 870. The molecule has 2 aromatic rings. The van der Waals surface area contributed by atoms with Crippen molar-refractivity contribution in [1.29, 1.82) is 0 Å². The molecule has 1 unspecified atom stereocenters. The SMILES string of the molecule is CC1(c2ccco2)OC(NS(=O)(=O)c2ccccc2)=C(O)C1=O. The third kappa shape index (κ3) is 2.46. The predicted octanol–water partition coefficient (Wildman–Crippen LogP) is 1.80. The second kappa shape index (κ2) is 5.17. The molecule has 3 rings (SSSR count). The zero-order valence-corrected chi connectivity index (χ0v) is 12.8. The van der Waals surface area contributed by atoms with Crippen molar-refractivity contribution in [2.24, 2.45) is 0 Å². The van der Waals surface area contributed by atoms with Crippen LogP contribution in [0.15, 0.2) is 69.7 Å². The standard InChI is InChI=1S/C15H13NO6S/c1-15(11-8-5-9-21-11)13(18)12(17)14(22-15)16-23(19,20)10-6-3-2-4-7-10/h2-9,16-17H,1H3. The number of carbonyl (C=O) groups excluding carboxylic acids is 1. The Morgan fingerprint density at radius 3 is 2.43 bits per heavy atom. The summed E-state index contributed by atoms with van der Waals surface area (Å²) in [5, 5.41) is 9.94. The summed E-state index contributed by atoms with van der Waals surface area (Å²) in [6, 6.07) is 10.6. The molecule has 23 heavy (non-hydrogen) atoms. The molecule has 1 aliphatic rings. The molecule has 8 heteroatoms. The van der Waals surface area contributed by atoms with Gasteiger partial charge in [-0.1, -0.05) is 18.2 Å².